The molecular formula is C18H25FN2O3. The number of carbonyl (C=O) groups excluding carboxylic acids is 1. The molecule has 2 aliphatic rings. The molecule has 2 aliphatic carbocycles. The fourth-order valence-electron chi connectivity index (χ4n) is 4.21. The summed E-state index contributed by atoms with van der Waals surface area (Å²) in [5.74, 6) is 0.965. The van der Waals surface area contributed by atoms with Gasteiger partial charge in [-0.1, -0.05) is 6.07 Å². The topological polar surface area (TPSA) is 70.6 Å². The van der Waals surface area contributed by atoms with Gasteiger partial charge in [0, 0.05) is 25.1 Å². The lowest BCUT2D eigenvalue weighted by Crippen LogP contribution is -2.48. The number of hydrogen-bond donors (Lipinski definition) is 3. The number of carbonyl (C=O) groups is 1. The number of aliphatic hydroxyl groups excluding tert-OH is 1. The molecule has 1 aromatic rings. The third-order valence-electron chi connectivity index (χ3n) is 5.35. The molecule has 4 atom stereocenters. The average molecular weight is 336 g/mol. The van der Waals surface area contributed by atoms with Gasteiger partial charge >= 0.3 is 6.03 Å². The van der Waals surface area contributed by atoms with Crippen molar-refractivity contribution in [1.82, 2.24) is 10.6 Å². The van der Waals surface area contributed by atoms with Crippen LogP contribution in [0, 0.1) is 23.6 Å². The van der Waals surface area contributed by atoms with E-state index in [0.29, 0.717) is 24.0 Å². The van der Waals surface area contributed by atoms with Gasteiger partial charge in [0.1, 0.15) is 0 Å². The molecule has 5 nitrogen and oxygen atoms in total. The standard InChI is InChI=1S/C18H25FN2O3/c1-2-24-16-6-3-11(7-15(16)19)9-20-18(23)21-17-13-5-4-12(8-13)14(17)10-22/h3,6-7,12-14,17,22H,2,4-5,8-10H2,1H3,(H2,20,21,23). The number of hydrogen-bond acceptors (Lipinski definition) is 3. The van der Waals surface area contributed by atoms with Gasteiger partial charge in [-0.2, -0.15) is 0 Å². The maximum atomic E-state index is 13.8. The van der Waals surface area contributed by atoms with E-state index in [9.17, 15) is 14.3 Å². The zero-order valence-corrected chi connectivity index (χ0v) is 13.9. The van der Waals surface area contributed by atoms with Crippen LogP contribution >= 0.6 is 0 Å². The first-order valence-corrected chi connectivity index (χ1v) is 8.68. The summed E-state index contributed by atoms with van der Waals surface area (Å²) >= 11 is 0. The zero-order chi connectivity index (χ0) is 17.1. The normalized spacial score (nSPS) is 28.0. The molecular weight excluding hydrogens is 311 g/mol. The quantitative estimate of drug-likeness (QED) is 0.747. The first-order valence-electron chi connectivity index (χ1n) is 8.68. The monoisotopic (exact) mass is 336 g/mol. The average Bonchev–Trinajstić information content (AvgIpc) is 3.16. The van der Waals surface area contributed by atoms with Crippen LogP contribution in [0.4, 0.5) is 9.18 Å². The van der Waals surface area contributed by atoms with Crippen LogP contribution < -0.4 is 15.4 Å². The van der Waals surface area contributed by atoms with E-state index in [0.717, 1.165) is 19.3 Å². The van der Waals surface area contributed by atoms with Gasteiger partial charge in [0.15, 0.2) is 11.6 Å². The van der Waals surface area contributed by atoms with Crippen LogP contribution in [0.1, 0.15) is 31.7 Å². The van der Waals surface area contributed by atoms with Crippen LogP contribution in [0.15, 0.2) is 18.2 Å². The first-order chi connectivity index (χ1) is 11.6. The van der Waals surface area contributed by atoms with E-state index in [4.69, 9.17) is 4.74 Å². The number of fused-ring (bicyclic) bond motifs is 2. The highest BCUT2D eigenvalue weighted by Crippen LogP contribution is 2.48. The summed E-state index contributed by atoms with van der Waals surface area (Å²) in [5.41, 5.74) is 0.678. The summed E-state index contributed by atoms with van der Waals surface area (Å²) in [6.07, 6.45) is 3.37. The van der Waals surface area contributed by atoms with Crippen molar-refractivity contribution in [1.29, 1.82) is 0 Å². The molecule has 6 heteroatoms. The van der Waals surface area contributed by atoms with E-state index in [2.05, 4.69) is 10.6 Å². The lowest BCUT2D eigenvalue weighted by atomic mass is 9.85. The van der Waals surface area contributed by atoms with Crippen molar-refractivity contribution in [2.24, 2.45) is 17.8 Å². The molecule has 132 valence electrons. The van der Waals surface area contributed by atoms with Crippen molar-refractivity contribution in [3.63, 3.8) is 0 Å². The molecule has 0 saturated heterocycles. The second kappa shape index (κ2) is 7.38. The summed E-state index contributed by atoms with van der Waals surface area (Å²) in [6, 6.07) is 4.47. The SMILES string of the molecule is CCOc1ccc(CNC(=O)NC2C3CCC(C3)C2CO)cc1F. The molecule has 24 heavy (non-hydrogen) atoms. The molecule has 2 saturated carbocycles. The van der Waals surface area contributed by atoms with Crippen molar-refractivity contribution in [2.75, 3.05) is 13.2 Å². The number of rotatable bonds is 6. The van der Waals surface area contributed by atoms with E-state index in [1.54, 1.807) is 19.1 Å². The molecule has 0 heterocycles. The van der Waals surface area contributed by atoms with E-state index in [1.165, 1.54) is 6.07 Å². The molecule has 0 spiro atoms. The van der Waals surface area contributed by atoms with Crippen molar-refractivity contribution in [3.05, 3.63) is 29.6 Å². The Morgan fingerprint density at radius 2 is 2.17 bits per heavy atom. The molecule has 4 unspecified atom stereocenters. The highest BCUT2D eigenvalue weighted by atomic mass is 19.1. The van der Waals surface area contributed by atoms with Crippen molar-refractivity contribution < 1.29 is 19.0 Å². The van der Waals surface area contributed by atoms with Gasteiger partial charge in [-0.05, 0) is 55.7 Å². The Morgan fingerprint density at radius 3 is 2.88 bits per heavy atom. The minimum absolute atomic E-state index is 0.0471. The highest BCUT2D eigenvalue weighted by Gasteiger charge is 2.47. The number of aliphatic hydroxyl groups is 1. The van der Waals surface area contributed by atoms with Crippen LogP contribution in [0.25, 0.3) is 0 Å². The molecule has 0 aromatic heterocycles. The molecule has 3 N–H and O–H groups in total. The minimum atomic E-state index is -0.426. The molecule has 2 fully saturated rings. The van der Waals surface area contributed by atoms with Crippen molar-refractivity contribution in [3.8, 4) is 5.75 Å². The Hall–Kier alpha value is -1.82. The van der Waals surface area contributed by atoms with Gasteiger partial charge in [-0.3, -0.25) is 0 Å². The Labute approximate surface area is 141 Å². The summed E-state index contributed by atoms with van der Waals surface area (Å²) in [5, 5.41) is 15.3. The van der Waals surface area contributed by atoms with Crippen molar-refractivity contribution in [2.45, 2.75) is 38.8 Å². The summed E-state index contributed by atoms with van der Waals surface area (Å²) < 4.78 is 19.0. The lowest BCUT2D eigenvalue weighted by Gasteiger charge is -2.30. The van der Waals surface area contributed by atoms with Crippen molar-refractivity contribution >= 4 is 6.03 Å². The molecule has 2 bridgehead atoms. The van der Waals surface area contributed by atoms with E-state index in [-0.39, 0.29) is 36.9 Å². The third kappa shape index (κ3) is 3.48. The van der Waals surface area contributed by atoms with Gasteiger partial charge in [0.05, 0.1) is 6.61 Å². The lowest BCUT2D eigenvalue weighted by molar-refractivity contribution is 0.144. The maximum absolute atomic E-state index is 13.8. The number of halogens is 1. The third-order valence-corrected chi connectivity index (χ3v) is 5.35. The molecule has 3 rings (SSSR count). The van der Waals surface area contributed by atoms with E-state index >= 15 is 0 Å². The predicted molar refractivity (Wildman–Crippen MR) is 88.1 cm³/mol. The van der Waals surface area contributed by atoms with Gasteiger partial charge in [0.25, 0.3) is 0 Å². The fraction of sp³-hybridized carbons (Fsp3) is 0.611. The summed E-state index contributed by atoms with van der Waals surface area (Å²) in [4.78, 5) is 12.1. The molecule has 2 amide bonds. The summed E-state index contributed by atoms with van der Waals surface area (Å²) in [6.45, 7) is 2.58. The highest BCUT2D eigenvalue weighted by molar-refractivity contribution is 5.74. The van der Waals surface area contributed by atoms with Crippen LogP contribution in [0.2, 0.25) is 0 Å². The fourth-order valence-corrected chi connectivity index (χ4v) is 4.21. The number of amides is 2. The Balaban J connectivity index is 1.51. The van der Waals surface area contributed by atoms with Crippen LogP contribution in [-0.4, -0.2) is 30.4 Å². The Morgan fingerprint density at radius 1 is 1.38 bits per heavy atom. The van der Waals surface area contributed by atoms with Crippen LogP contribution in [-0.2, 0) is 6.54 Å². The summed E-state index contributed by atoms with van der Waals surface area (Å²) in [7, 11) is 0. The number of ether oxygens (including phenoxy) is 1. The first kappa shape index (κ1) is 17.0. The minimum Gasteiger partial charge on any atom is -0.491 e. The van der Waals surface area contributed by atoms with Crippen LogP contribution in [0.5, 0.6) is 5.75 Å². The van der Waals surface area contributed by atoms with Crippen LogP contribution in [0.3, 0.4) is 0 Å². The second-order valence-corrected chi connectivity index (χ2v) is 6.73. The Kier molecular flexibility index (Phi) is 5.23. The second-order valence-electron chi connectivity index (χ2n) is 6.73. The predicted octanol–water partition coefficient (Wildman–Crippen LogP) is 2.43. The molecule has 0 radical (unpaired) electrons. The maximum Gasteiger partial charge on any atom is 0.315 e. The number of urea groups is 1. The smallest absolute Gasteiger partial charge is 0.315 e. The van der Waals surface area contributed by atoms with E-state index < -0.39 is 5.82 Å². The Bertz CT molecular complexity index is 596. The number of nitrogens with one attached hydrogen (secondary N) is 2. The van der Waals surface area contributed by atoms with Gasteiger partial charge in [0.2, 0.25) is 0 Å². The molecule has 1 aromatic carbocycles. The van der Waals surface area contributed by atoms with E-state index in [1.807, 2.05) is 0 Å². The van der Waals surface area contributed by atoms with Gasteiger partial charge in [-0.25, -0.2) is 9.18 Å². The number of benzene rings is 1. The molecule has 0 aliphatic heterocycles. The zero-order valence-electron chi connectivity index (χ0n) is 13.9. The van der Waals surface area contributed by atoms with Gasteiger partial charge in [-0.15, -0.1) is 0 Å². The van der Waals surface area contributed by atoms with Gasteiger partial charge < -0.3 is 20.5 Å². The largest absolute Gasteiger partial charge is 0.491 e.